The maximum Gasteiger partial charge on any atom is 0.0742 e. The molecule has 0 unspecified atom stereocenters. The fourth-order valence-corrected chi connectivity index (χ4v) is 3.91. The quantitative estimate of drug-likeness (QED) is 0.286. The number of rotatable bonds is 0. The van der Waals surface area contributed by atoms with Crippen molar-refractivity contribution < 1.29 is 4.74 Å². The third kappa shape index (κ3) is 6.92. The van der Waals surface area contributed by atoms with Crippen LogP contribution in [0.15, 0.2) is 67.3 Å². The molecule has 34 heavy (non-hydrogen) atoms. The van der Waals surface area contributed by atoms with Gasteiger partial charge in [0.1, 0.15) is 0 Å². The highest BCUT2D eigenvalue weighted by molar-refractivity contribution is 5.83. The Kier molecular flexibility index (Phi) is 11.5. The van der Waals surface area contributed by atoms with Gasteiger partial charge < -0.3 is 4.74 Å². The fraction of sp³-hybridized carbons (Fsp3) is 0.345. The van der Waals surface area contributed by atoms with Crippen LogP contribution in [0.1, 0.15) is 55.9 Å². The molecule has 0 N–H and O–H groups in total. The van der Waals surface area contributed by atoms with Gasteiger partial charge in [-0.15, -0.1) is 0 Å². The van der Waals surface area contributed by atoms with E-state index in [1.54, 1.807) is 0 Å². The van der Waals surface area contributed by atoms with Gasteiger partial charge in [-0.2, -0.15) is 0 Å². The molecule has 0 radical (unpaired) electrons. The van der Waals surface area contributed by atoms with Crippen LogP contribution in [-0.4, -0.2) is 26.9 Å². The van der Waals surface area contributed by atoms with Crippen molar-refractivity contribution in [2.75, 3.05) is 7.05 Å². The molecule has 0 saturated heterocycles. The highest BCUT2D eigenvalue weighted by Gasteiger charge is 2.14. The minimum Gasteiger partial charge on any atom is -0.372 e. The van der Waals surface area contributed by atoms with Gasteiger partial charge in [-0.25, -0.2) is 0 Å². The minimum absolute atomic E-state index is 0. The van der Waals surface area contributed by atoms with E-state index >= 15 is 0 Å². The van der Waals surface area contributed by atoms with Crippen LogP contribution in [0.2, 0.25) is 0 Å². The molecule has 2 aliphatic rings. The molecule has 182 valence electrons. The zero-order chi connectivity index (χ0) is 21.6. The minimum atomic E-state index is 0. The molecule has 5 nitrogen and oxygen atoms in total. The van der Waals surface area contributed by atoms with Crippen LogP contribution in [-0.2, 0) is 31.0 Å². The summed E-state index contributed by atoms with van der Waals surface area (Å²) in [7, 11) is 2.12. The van der Waals surface area contributed by atoms with Crippen LogP contribution in [0.25, 0.3) is 10.8 Å². The highest BCUT2D eigenvalue weighted by atomic mass is 16.5. The first-order valence-electron chi connectivity index (χ1n) is 10.5. The van der Waals surface area contributed by atoms with E-state index in [9.17, 15) is 0 Å². The number of hydrogen-bond donors (Lipinski definition) is 0. The van der Waals surface area contributed by atoms with Crippen LogP contribution in [0.4, 0.5) is 0 Å². The molecule has 2 aliphatic heterocycles. The third-order valence-corrected chi connectivity index (χ3v) is 5.63. The first-order chi connectivity index (χ1) is 15.1. The Morgan fingerprint density at radius 2 is 1.41 bits per heavy atom. The van der Waals surface area contributed by atoms with Gasteiger partial charge in [0.2, 0.25) is 0 Å². The number of nitrogens with zero attached hydrogens (tertiary/aromatic N) is 4. The number of aryl methyl sites for hydroxylation is 2. The second-order valence-electron chi connectivity index (χ2n) is 7.96. The summed E-state index contributed by atoms with van der Waals surface area (Å²) in [6.45, 7) is 7.70. The maximum atomic E-state index is 5.26. The molecule has 0 spiro atoms. The summed E-state index contributed by atoms with van der Waals surface area (Å²) < 4.78 is 5.26. The van der Waals surface area contributed by atoms with E-state index in [2.05, 4.69) is 45.1 Å². The summed E-state index contributed by atoms with van der Waals surface area (Å²) in [5.74, 6) is 0. The summed E-state index contributed by atoms with van der Waals surface area (Å²) in [4.78, 5) is 14.7. The maximum absolute atomic E-state index is 5.26. The van der Waals surface area contributed by atoms with Gasteiger partial charge in [-0.3, -0.25) is 19.9 Å². The van der Waals surface area contributed by atoms with E-state index < -0.39 is 0 Å². The molecule has 1 aromatic carbocycles. The van der Waals surface area contributed by atoms with Crippen molar-refractivity contribution >= 4 is 10.8 Å². The van der Waals surface area contributed by atoms with Crippen molar-refractivity contribution in [1.82, 2.24) is 19.9 Å². The zero-order valence-corrected chi connectivity index (χ0v) is 18.4. The Bertz CT molecular complexity index is 1150. The smallest absolute Gasteiger partial charge is 0.0742 e. The SMILES string of the molecule is C.C.C.CN1Cc2ccncc2C1.Cc1nccc2c1COC2.Cc1nccc2ccccc12. The first-order valence-corrected chi connectivity index (χ1v) is 10.5. The van der Waals surface area contributed by atoms with Crippen molar-refractivity contribution in [3.63, 3.8) is 0 Å². The van der Waals surface area contributed by atoms with Crippen molar-refractivity contribution in [3.05, 3.63) is 101 Å². The molecule has 4 aromatic rings. The predicted molar refractivity (Wildman–Crippen MR) is 144 cm³/mol. The predicted octanol–water partition coefficient (Wildman–Crippen LogP) is 6.90. The topological polar surface area (TPSA) is 51.1 Å². The van der Waals surface area contributed by atoms with Gasteiger partial charge in [0.25, 0.3) is 0 Å². The lowest BCUT2D eigenvalue weighted by Gasteiger charge is -2.02. The molecule has 0 aliphatic carbocycles. The number of fused-ring (bicyclic) bond motifs is 3. The van der Waals surface area contributed by atoms with E-state index in [0.29, 0.717) is 0 Å². The van der Waals surface area contributed by atoms with Gasteiger partial charge in [-0.1, -0.05) is 46.5 Å². The van der Waals surface area contributed by atoms with Crippen LogP contribution in [0.3, 0.4) is 0 Å². The largest absolute Gasteiger partial charge is 0.372 e. The molecule has 0 saturated carbocycles. The Morgan fingerprint density at radius 1 is 0.735 bits per heavy atom. The van der Waals surface area contributed by atoms with Crippen molar-refractivity contribution in [1.29, 1.82) is 0 Å². The lowest BCUT2D eigenvalue weighted by atomic mass is 10.1. The van der Waals surface area contributed by atoms with E-state index in [1.807, 2.05) is 62.9 Å². The number of aromatic nitrogens is 3. The van der Waals surface area contributed by atoms with Gasteiger partial charge in [0.05, 0.1) is 13.2 Å². The number of ether oxygens (including phenoxy) is 1. The summed E-state index contributed by atoms with van der Waals surface area (Å²) in [5.41, 5.74) is 7.59. The zero-order valence-electron chi connectivity index (χ0n) is 18.4. The molecule has 5 heteroatoms. The third-order valence-electron chi connectivity index (χ3n) is 5.63. The average molecular weight is 461 g/mol. The number of benzene rings is 1. The first kappa shape index (κ1) is 28.9. The Morgan fingerprint density at radius 3 is 2.15 bits per heavy atom. The van der Waals surface area contributed by atoms with Crippen molar-refractivity contribution in [3.8, 4) is 0 Å². The Hall–Kier alpha value is -3.15. The van der Waals surface area contributed by atoms with E-state index in [-0.39, 0.29) is 22.3 Å². The van der Waals surface area contributed by atoms with Gasteiger partial charge in [0.15, 0.2) is 0 Å². The Balaban J connectivity index is 0.000000245. The van der Waals surface area contributed by atoms with Crippen LogP contribution in [0, 0.1) is 13.8 Å². The van der Waals surface area contributed by atoms with Crippen LogP contribution in [0.5, 0.6) is 0 Å². The summed E-state index contributed by atoms with van der Waals surface area (Å²) in [5, 5.41) is 2.51. The summed E-state index contributed by atoms with van der Waals surface area (Å²) >= 11 is 0. The standard InChI is InChI=1S/C10H9N.C8H10N2.C8H9NO.3CH4/c1-8-10-5-3-2-4-9(10)6-7-11-8;1-10-5-7-2-3-9-4-8(7)6-10;1-6-8-5-10-4-7(8)2-3-9-6;;;/h2-7H,1H3;2-4H,5-6H2,1H3;2-3H,4-5H2,1H3;3*1H4. The molecule has 6 rings (SSSR count). The fourth-order valence-electron chi connectivity index (χ4n) is 3.91. The van der Waals surface area contributed by atoms with Crippen molar-refractivity contribution in [2.45, 2.75) is 62.4 Å². The van der Waals surface area contributed by atoms with Gasteiger partial charge >= 0.3 is 0 Å². The van der Waals surface area contributed by atoms with E-state index in [4.69, 9.17) is 4.74 Å². The molecular weight excluding hydrogens is 420 g/mol. The lowest BCUT2D eigenvalue weighted by Crippen LogP contribution is -2.07. The molecule has 5 heterocycles. The highest BCUT2D eigenvalue weighted by Crippen LogP contribution is 2.20. The average Bonchev–Trinajstić information content (AvgIpc) is 3.41. The Labute approximate surface area is 205 Å². The van der Waals surface area contributed by atoms with Gasteiger partial charge in [-0.05, 0) is 61.2 Å². The second kappa shape index (κ2) is 13.5. The summed E-state index contributed by atoms with van der Waals surface area (Å²) in [6.07, 6.45) is 7.50. The molecule has 3 aromatic heterocycles. The lowest BCUT2D eigenvalue weighted by molar-refractivity contribution is 0.134. The van der Waals surface area contributed by atoms with E-state index in [0.717, 1.165) is 37.7 Å². The normalized spacial score (nSPS) is 12.9. The number of pyridine rings is 3. The molecule has 0 amide bonds. The summed E-state index contributed by atoms with van der Waals surface area (Å²) in [6, 6.07) is 14.4. The van der Waals surface area contributed by atoms with Crippen molar-refractivity contribution in [2.24, 2.45) is 0 Å². The molecule has 0 atom stereocenters. The molecule has 0 bridgehead atoms. The second-order valence-corrected chi connectivity index (χ2v) is 7.96. The van der Waals surface area contributed by atoms with Gasteiger partial charge in [0, 0.05) is 60.2 Å². The van der Waals surface area contributed by atoms with Crippen LogP contribution >= 0.6 is 0 Å². The van der Waals surface area contributed by atoms with E-state index in [1.165, 1.54) is 33.0 Å². The van der Waals surface area contributed by atoms with Crippen LogP contribution < -0.4 is 0 Å². The number of hydrogen-bond acceptors (Lipinski definition) is 5. The molecular formula is C29H40N4O. The molecule has 0 fully saturated rings. The monoisotopic (exact) mass is 460 g/mol.